The summed E-state index contributed by atoms with van der Waals surface area (Å²) in [6.07, 6.45) is -0.757. The monoisotopic (exact) mass is 442 g/mol. The Morgan fingerprint density at radius 1 is 0.767 bits per heavy atom. The Hall–Kier alpha value is -3.02. The zero-order chi connectivity index (χ0) is 21.5. The fourth-order valence-electron chi connectivity index (χ4n) is 2.76. The first-order valence-electron chi connectivity index (χ1n) is 9.32. The molecule has 0 saturated carbocycles. The van der Waals surface area contributed by atoms with Crippen LogP contribution in [-0.2, 0) is 0 Å². The van der Waals surface area contributed by atoms with E-state index in [0.29, 0.717) is 39.1 Å². The predicted octanol–water partition coefficient (Wildman–Crippen LogP) is 5.25. The second-order valence-corrected chi connectivity index (χ2v) is 7.27. The van der Waals surface area contributed by atoms with Crippen molar-refractivity contribution < 1.29 is 14.3 Å². The Balaban J connectivity index is 1.83. The van der Waals surface area contributed by atoms with E-state index in [9.17, 15) is 9.59 Å². The van der Waals surface area contributed by atoms with E-state index >= 15 is 0 Å². The molecule has 3 aromatic rings. The van der Waals surface area contributed by atoms with Crippen LogP contribution in [0.15, 0.2) is 72.8 Å². The maximum atomic E-state index is 12.7. The maximum absolute atomic E-state index is 12.7. The number of hydrogen-bond acceptors (Lipinski definition) is 3. The van der Waals surface area contributed by atoms with Crippen molar-refractivity contribution in [2.45, 2.75) is 13.1 Å². The number of ether oxygens (including phenoxy) is 1. The van der Waals surface area contributed by atoms with Gasteiger partial charge in [-0.05, 0) is 73.2 Å². The Morgan fingerprint density at radius 3 is 1.60 bits per heavy atom. The van der Waals surface area contributed by atoms with Crippen LogP contribution in [0.4, 0.5) is 0 Å². The van der Waals surface area contributed by atoms with Gasteiger partial charge in [-0.2, -0.15) is 0 Å². The third-order valence-electron chi connectivity index (χ3n) is 4.29. The number of benzene rings is 3. The molecule has 30 heavy (non-hydrogen) atoms. The first-order valence-corrected chi connectivity index (χ1v) is 10.1. The van der Waals surface area contributed by atoms with Crippen molar-refractivity contribution in [3.63, 3.8) is 0 Å². The zero-order valence-corrected chi connectivity index (χ0v) is 17.7. The van der Waals surface area contributed by atoms with Gasteiger partial charge in [0.2, 0.25) is 0 Å². The number of nitrogens with one attached hydrogen (secondary N) is 2. The zero-order valence-electron chi connectivity index (χ0n) is 16.2. The minimum absolute atomic E-state index is 0.345. The third kappa shape index (κ3) is 5.75. The van der Waals surface area contributed by atoms with E-state index in [1.165, 1.54) is 0 Å². The number of amides is 2. The van der Waals surface area contributed by atoms with Gasteiger partial charge in [0.15, 0.2) is 0 Å². The molecular weight excluding hydrogens is 423 g/mol. The van der Waals surface area contributed by atoms with Crippen molar-refractivity contribution in [3.05, 3.63) is 99.5 Å². The number of carbonyl (C=O) groups is 2. The highest BCUT2D eigenvalue weighted by Gasteiger charge is 2.19. The van der Waals surface area contributed by atoms with Gasteiger partial charge in [-0.25, -0.2) is 0 Å². The number of rotatable bonds is 7. The lowest BCUT2D eigenvalue weighted by Gasteiger charge is -2.21. The molecule has 154 valence electrons. The molecule has 0 unspecified atom stereocenters. The summed E-state index contributed by atoms with van der Waals surface area (Å²) in [5.41, 5.74) is 1.55. The quantitative estimate of drug-likeness (QED) is 0.490. The molecule has 2 amide bonds. The molecule has 0 radical (unpaired) electrons. The molecule has 0 fully saturated rings. The number of carbonyl (C=O) groups excluding carboxylic acids is 2. The van der Waals surface area contributed by atoms with Crippen molar-refractivity contribution >= 4 is 35.0 Å². The Kier molecular flexibility index (Phi) is 7.33. The topological polar surface area (TPSA) is 67.4 Å². The summed E-state index contributed by atoms with van der Waals surface area (Å²) >= 11 is 11.8. The molecule has 3 rings (SSSR count). The standard InChI is InChI=1S/C23H20Cl2N2O3/c1-2-30-20-13-7-15(8-14-20)21(26-22(28)16-3-9-18(24)10-4-16)27-23(29)17-5-11-19(25)12-6-17/h3-14,21H,2H2,1H3,(H,26,28)(H,27,29). The van der Waals surface area contributed by atoms with Crippen molar-refractivity contribution in [3.8, 4) is 5.75 Å². The van der Waals surface area contributed by atoms with E-state index < -0.39 is 6.17 Å². The molecule has 0 bridgehead atoms. The minimum Gasteiger partial charge on any atom is -0.494 e. The van der Waals surface area contributed by atoms with Crippen LogP contribution in [0.3, 0.4) is 0 Å². The molecule has 0 spiro atoms. The average molecular weight is 443 g/mol. The van der Waals surface area contributed by atoms with E-state index in [4.69, 9.17) is 27.9 Å². The molecule has 0 heterocycles. The summed E-state index contributed by atoms with van der Waals surface area (Å²) in [5.74, 6) is 0.0111. The lowest BCUT2D eigenvalue weighted by atomic mass is 10.1. The largest absolute Gasteiger partial charge is 0.494 e. The fourth-order valence-corrected chi connectivity index (χ4v) is 3.01. The van der Waals surface area contributed by atoms with E-state index in [1.54, 1.807) is 72.8 Å². The van der Waals surface area contributed by atoms with Gasteiger partial charge in [-0.3, -0.25) is 9.59 Å². The Bertz CT molecular complexity index is 945. The Labute approximate surface area is 185 Å². The molecule has 3 aromatic carbocycles. The third-order valence-corrected chi connectivity index (χ3v) is 4.79. The van der Waals surface area contributed by atoms with E-state index in [1.807, 2.05) is 6.92 Å². The van der Waals surface area contributed by atoms with Crippen molar-refractivity contribution in [1.29, 1.82) is 0 Å². The highest BCUT2D eigenvalue weighted by atomic mass is 35.5. The molecule has 0 aromatic heterocycles. The molecular formula is C23H20Cl2N2O3. The van der Waals surface area contributed by atoms with E-state index in [2.05, 4.69) is 10.6 Å². The van der Waals surface area contributed by atoms with Crippen molar-refractivity contribution in [2.75, 3.05) is 6.61 Å². The highest BCUT2D eigenvalue weighted by molar-refractivity contribution is 6.31. The lowest BCUT2D eigenvalue weighted by Crippen LogP contribution is -2.41. The van der Waals surface area contributed by atoms with Crippen LogP contribution < -0.4 is 15.4 Å². The minimum atomic E-state index is -0.757. The van der Waals surface area contributed by atoms with Gasteiger partial charge >= 0.3 is 0 Å². The van der Waals surface area contributed by atoms with Crippen molar-refractivity contribution in [1.82, 2.24) is 10.6 Å². The molecule has 0 aliphatic rings. The second-order valence-electron chi connectivity index (χ2n) is 6.40. The smallest absolute Gasteiger partial charge is 0.253 e. The van der Waals surface area contributed by atoms with Crippen LogP contribution in [0, 0.1) is 0 Å². The van der Waals surface area contributed by atoms with Gasteiger partial charge in [-0.1, -0.05) is 35.3 Å². The average Bonchev–Trinajstić information content (AvgIpc) is 2.75. The molecule has 0 saturated heterocycles. The molecule has 0 atom stereocenters. The molecule has 5 nitrogen and oxygen atoms in total. The SMILES string of the molecule is CCOc1ccc(C(NC(=O)c2ccc(Cl)cc2)NC(=O)c2ccc(Cl)cc2)cc1. The van der Waals surface area contributed by atoms with Crippen LogP contribution in [0.2, 0.25) is 10.0 Å². The van der Waals surface area contributed by atoms with Crippen LogP contribution >= 0.6 is 23.2 Å². The van der Waals surface area contributed by atoms with Crippen LogP contribution in [0.5, 0.6) is 5.75 Å². The molecule has 2 N–H and O–H groups in total. The summed E-state index contributed by atoms with van der Waals surface area (Å²) in [5, 5.41) is 6.77. The summed E-state index contributed by atoms with van der Waals surface area (Å²) in [7, 11) is 0. The molecule has 0 aliphatic carbocycles. The fraction of sp³-hybridized carbons (Fsp3) is 0.130. The number of hydrogen-bond donors (Lipinski definition) is 2. The normalized spacial score (nSPS) is 10.5. The van der Waals surface area contributed by atoms with E-state index in [-0.39, 0.29) is 11.8 Å². The van der Waals surface area contributed by atoms with Crippen LogP contribution in [0.25, 0.3) is 0 Å². The predicted molar refractivity (Wildman–Crippen MR) is 118 cm³/mol. The molecule has 0 aliphatic heterocycles. The van der Waals surface area contributed by atoms with Gasteiger partial charge in [0.25, 0.3) is 11.8 Å². The van der Waals surface area contributed by atoms with E-state index in [0.717, 1.165) is 0 Å². The maximum Gasteiger partial charge on any atom is 0.253 e. The first kappa shape index (κ1) is 21.7. The van der Waals surface area contributed by atoms with Crippen LogP contribution in [0.1, 0.15) is 39.4 Å². The second kappa shape index (κ2) is 10.1. The van der Waals surface area contributed by atoms with Gasteiger partial charge in [0, 0.05) is 21.2 Å². The highest BCUT2D eigenvalue weighted by Crippen LogP contribution is 2.19. The van der Waals surface area contributed by atoms with Crippen LogP contribution in [-0.4, -0.2) is 18.4 Å². The lowest BCUT2D eigenvalue weighted by molar-refractivity contribution is 0.0883. The van der Waals surface area contributed by atoms with Gasteiger partial charge in [-0.15, -0.1) is 0 Å². The Morgan fingerprint density at radius 2 is 1.20 bits per heavy atom. The first-order chi connectivity index (χ1) is 14.5. The summed E-state index contributed by atoms with van der Waals surface area (Å²) < 4.78 is 5.46. The summed E-state index contributed by atoms with van der Waals surface area (Å²) in [6, 6.07) is 20.2. The number of halogens is 2. The van der Waals surface area contributed by atoms with Gasteiger partial charge < -0.3 is 15.4 Å². The summed E-state index contributed by atoms with van der Waals surface area (Å²) in [6.45, 7) is 2.44. The van der Waals surface area contributed by atoms with Gasteiger partial charge in [0.05, 0.1) is 6.61 Å². The van der Waals surface area contributed by atoms with Gasteiger partial charge in [0.1, 0.15) is 11.9 Å². The summed E-state index contributed by atoms with van der Waals surface area (Å²) in [4.78, 5) is 25.4. The van der Waals surface area contributed by atoms with Crippen molar-refractivity contribution in [2.24, 2.45) is 0 Å². The molecule has 7 heteroatoms.